The first kappa shape index (κ1) is 44.6. The Hall–Kier alpha value is -2.43. The van der Waals surface area contributed by atoms with Gasteiger partial charge >= 0.3 is 0 Å². The number of carbonyl (C=O) groups excluding carboxylic acids is 1. The van der Waals surface area contributed by atoms with Crippen molar-refractivity contribution in [1.82, 2.24) is 5.32 Å². The molecule has 0 aliphatic carbocycles. The van der Waals surface area contributed by atoms with Gasteiger partial charge in [0.15, 0.2) is 0 Å². The second kappa shape index (κ2) is 38.0. The average Bonchev–Trinajstić information content (AvgIpc) is 3.07. The molecule has 0 rings (SSSR count). The molecule has 0 aliphatic heterocycles. The molecule has 0 bridgehead atoms. The number of amides is 1. The lowest BCUT2D eigenvalue weighted by Gasteiger charge is -2.19. The highest BCUT2D eigenvalue weighted by atomic mass is 16.3. The summed E-state index contributed by atoms with van der Waals surface area (Å²) in [4.78, 5) is 12.3. The van der Waals surface area contributed by atoms with Gasteiger partial charge < -0.3 is 15.5 Å². The second-order valence-corrected chi connectivity index (χ2v) is 12.6. The van der Waals surface area contributed by atoms with Gasteiger partial charge in [-0.15, -0.1) is 0 Å². The average molecular weight is 652 g/mol. The van der Waals surface area contributed by atoms with E-state index in [0.29, 0.717) is 6.42 Å². The zero-order valence-corrected chi connectivity index (χ0v) is 30.5. The summed E-state index contributed by atoms with van der Waals surface area (Å²) in [5.41, 5.74) is 0. The quantitative estimate of drug-likeness (QED) is 0.0488. The third kappa shape index (κ3) is 34.7. The molecule has 2 unspecified atom stereocenters. The first-order chi connectivity index (χ1) is 23.2. The monoisotopic (exact) mass is 652 g/mol. The van der Waals surface area contributed by atoms with Crippen molar-refractivity contribution in [3.63, 3.8) is 0 Å². The molecular formula is C43H73NO3. The Morgan fingerprint density at radius 3 is 1.49 bits per heavy atom. The van der Waals surface area contributed by atoms with Gasteiger partial charge in [-0.1, -0.05) is 170 Å². The van der Waals surface area contributed by atoms with E-state index in [4.69, 9.17) is 0 Å². The predicted octanol–water partition coefficient (Wildman–Crippen LogP) is 11.7. The Balaban J connectivity index is 3.80. The fourth-order valence-corrected chi connectivity index (χ4v) is 5.17. The first-order valence-corrected chi connectivity index (χ1v) is 19.3. The molecule has 0 fully saturated rings. The minimum Gasteiger partial charge on any atom is -0.394 e. The first-order valence-electron chi connectivity index (χ1n) is 19.3. The van der Waals surface area contributed by atoms with E-state index in [9.17, 15) is 15.0 Å². The van der Waals surface area contributed by atoms with Crippen LogP contribution in [-0.2, 0) is 4.79 Å². The van der Waals surface area contributed by atoms with Crippen LogP contribution in [0.15, 0.2) is 85.1 Å². The van der Waals surface area contributed by atoms with Gasteiger partial charge in [0.25, 0.3) is 0 Å². The summed E-state index contributed by atoms with van der Waals surface area (Å²) in [5.74, 6) is -0.135. The van der Waals surface area contributed by atoms with Crippen LogP contribution in [0.5, 0.6) is 0 Å². The lowest BCUT2D eigenvalue weighted by atomic mass is 10.0. The molecule has 0 aromatic rings. The van der Waals surface area contributed by atoms with E-state index in [1.54, 1.807) is 6.08 Å². The van der Waals surface area contributed by atoms with E-state index >= 15 is 0 Å². The smallest absolute Gasteiger partial charge is 0.220 e. The number of hydrogen-bond acceptors (Lipinski definition) is 3. The van der Waals surface area contributed by atoms with Crippen molar-refractivity contribution in [1.29, 1.82) is 0 Å². The highest BCUT2D eigenvalue weighted by Gasteiger charge is 2.17. The summed E-state index contributed by atoms with van der Waals surface area (Å²) in [7, 11) is 0. The number of carbonyl (C=O) groups is 1. The summed E-state index contributed by atoms with van der Waals surface area (Å²) in [6.45, 7) is 4.14. The number of aliphatic hydroxyl groups is 2. The Morgan fingerprint density at radius 2 is 0.957 bits per heavy atom. The summed E-state index contributed by atoms with van der Waals surface area (Å²) in [6.07, 6.45) is 55.3. The fraction of sp³-hybridized carbons (Fsp3) is 0.651. The predicted molar refractivity (Wildman–Crippen MR) is 207 cm³/mol. The highest BCUT2D eigenvalue weighted by Crippen LogP contribution is 2.13. The number of aliphatic hydroxyl groups excluding tert-OH is 2. The van der Waals surface area contributed by atoms with Crippen molar-refractivity contribution in [3.05, 3.63) is 85.1 Å². The Morgan fingerprint density at radius 1 is 0.532 bits per heavy atom. The molecule has 0 spiro atoms. The molecule has 0 aliphatic rings. The van der Waals surface area contributed by atoms with E-state index in [-0.39, 0.29) is 12.5 Å². The number of unbranched alkanes of at least 4 members (excludes halogenated alkanes) is 14. The summed E-state index contributed by atoms with van der Waals surface area (Å²) < 4.78 is 0. The molecule has 47 heavy (non-hydrogen) atoms. The maximum atomic E-state index is 12.3. The van der Waals surface area contributed by atoms with E-state index in [1.165, 1.54) is 77.0 Å². The number of rotatable bonds is 33. The lowest BCUT2D eigenvalue weighted by Crippen LogP contribution is -2.45. The summed E-state index contributed by atoms with van der Waals surface area (Å²) >= 11 is 0. The Bertz CT molecular complexity index is 879. The molecule has 268 valence electrons. The van der Waals surface area contributed by atoms with Crippen LogP contribution in [0, 0.1) is 0 Å². The molecule has 0 aromatic carbocycles. The molecule has 4 nitrogen and oxygen atoms in total. The molecule has 0 radical (unpaired) electrons. The van der Waals surface area contributed by atoms with E-state index in [0.717, 1.165) is 64.2 Å². The normalized spacial score (nSPS) is 14.0. The SMILES string of the molecule is CC/C=C\C/C=C\C/C=C\C/C=C\C/C=C\CCCC(=O)NC(CO)C(O)/C=C/CC/C=C/CCCCCCCCCCCCCC. The van der Waals surface area contributed by atoms with Gasteiger partial charge in [-0.2, -0.15) is 0 Å². The van der Waals surface area contributed by atoms with Gasteiger partial charge in [0, 0.05) is 6.42 Å². The maximum absolute atomic E-state index is 12.3. The van der Waals surface area contributed by atoms with Crippen molar-refractivity contribution in [2.75, 3.05) is 6.61 Å². The van der Waals surface area contributed by atoms with Crippen molar-refractivity contribution in [3.8, 4) is 0 Å². The van der Waals surface area contributed by atoms with Crippen molar-refractivity contribution >= 4 is 5.91 Å². The van der Waals surface area contributed by atoms with Crippen LogP contribution < -0.4 is 5.32 Å². The van der Waals surface area contributed by atoms with Gasteiger partial charge in [0.2, 0.25) is 5.91 Å². The molecule has 0 saturated carbocycles. The van der Waals surface area contributed by atoms with E-state index < -0.39 is 12.1 Å². The van der Waals surface area contributed by atoms with Gasteiger partial charge in [0.1, 0.15) is 0 Å². The van der Waals surface area contributed by atoms with Crippen LogP contribution in [0.2, 0.25) is 0 Å². The second-order valence-electron chi connectivity index (χ2n) is 12.6. The standard InChI is InChI=1S/C43H73NO3/c1-3-5-7-9-11-13-15-17-19-21-23-24-26-28-30-32-34-36-38-42(46)41(40-45)44-43(47)39-37-35-33-31-29-27-25-22-20-18-16-14-12-10-8-6-4-2/h6,8,12,14,18,20,25,27-28,30-31,33,36,38,41-42,45-46H,3-5,7,9-11,13,15-17,19,21-24,26,29,32,34-35,37,39-40H2,1-2H3,(H,44,47)/b8-6-,14-12-,20-18-,27-25-,30-28+,33-31-,38-36+. The largest absolute Gasteiger partial charge is 0.394 e. The van der Waals surface area contributed by atoms with Crippen LogP contribution in [0.25, 0.3) is 0 Å². The molecule has 4 heteroatoms. The number of hydrogen-bond donors (Lipinski definition) is 3. The van der Waals surface area contributed by atoms with Crippen molar-refractivity contribution in [2.24, 2.45) is 0 Å². The number of allylic oxidation sites excluding steroid dienone is 13. The van der Waals surface area contributed by atoms with Crippen molar-refractivity contribution < 1.29 is 15.0 Å². The minimum absolute atomic E-state index is 0.135. The molecule has 0 aromatic heterocycles. The van der Waals surface area contributed by atoms with Crippen LogP contribution >= 0.6 is 0 Å². The highest BCUT2D eigenvalue weighted by molar-refractivity contribution is 5.76. The molecular weight excluding hydrogens is 578 g/mol. The van der Waals surface area contributed by atoms with Gasteiger partial charge in [-0.05, 0) is 70.6 Å². The summed E-state index contributed by atoms with van der Waals surface area (Å²) in [6, 6.07) is -0.672. The fourth-order valence-electron chi connectivity index (χ4n) is 5.17. The minimum atomic E-state index is -0.889. The van der Waals surface area contributed by atoms with Crippen LogP contribution in [-0.4, -0.2) is 34.9 Å². The Labute approximate surface area is 291 Å². The molecule has 0 saturated heterocycles. The maximum Gasteiger partial charge on any atom is 0.220 e. The third-order valence-corrected chi connectivity index (χ3v) is 8.11. The zero-order chi connectivity index (χ0) is 34.3. The van der Waals surface area contributed by atoms with Crippen LogP contribution in [0.1, 0.15) is 162 Å². The summed E-state index contributed by atoms with van der Waals surface area (Å²) in [5, 5.41) is 22.9. The molecule has 2 atom stereocenters. The Kier molecular flexibility index (Phi) is 36.1. The van der Waals surface area contributed by atoms with E-state index in [1.807, 2.05) is 6.08 Å². The topological polar surface area (TPSA) is 69.6 Å². The van der Waals surface area contributed by atoms with Crippen LogP contribution in [0.4, 0.5) is 0 Å². The van der Waals surface area contributed by atoms with Gasteiger partial charge in [-0.3, -0.25) is 4.79 Å². The zero-order valence-electron chi connectivity index (χ0n) is 30.5. The van der Waals surface area contributed by atoms with Gasteiger partial charge in [0.05, 0.1) is 18.8 Å². The number of nitrogens with one attached hydrogen (secondary N) is 1. The third-order valence-electron chi connectivity index (χ3n) is 8.11. The lowest BCUT2D eigenvalue weighted by molar-refractivity contribution is -0.122. The van der Waals surface area contributed by atoms with Crippen LogP contribution in [0.3, 0.4) is 0 Å². The molecule has 1 amide bonds. The van der Waals surface area contributed by atoms with Gasteiger partial charge in [-0.25, -0.2) is 0 Å². The molecule has 0 heterocycles. The van der Waals surface area contributed by atoms with E-state index in [2.05, 4.69) is 92.1 Å². The van der Waals surface area contributed by atoms with Crippen molar-refractivity contribution in [2.45, 2.75) is 174 Å². The molecule has 3 N–H and O–H groups in total.